The minimum Gasteiger partial charge on any atom is -0.320 e. The van der Waals surface area contributed by atoms with E-state index in [0.717, 1.165) is 12.8 Å². The molecule has 0 spiro atoms. The number of nitrogens with one attached hydrogen (secondary N) is 1. The van der Waals surface area contributed by atoms with Gasteiger partial charge >= 0.3 is 0 Å². The maximum absolute atomic E-state index is 11.5. The van der Waals surface area contributed by atoms with Gasteiger partial charge in [0.2, 0.25) is 11.0 Å². The van der Waals surface area contributed by atoms with Gasteiger partial charge in [-0.2, -0.15) is 4.37 Å². The largest absolute Gasteiger partial charge is 0.320 e. The zero-order valence-corrected chi connectivity index (χ0v) is 9.80. The SMILES string of the molecule is CCCC[C@H](N)C(=O)Nc1nc(C)ns1. The Kier molecular flexibility index (Phi) is 4.64. The molecule has 0 aromatic carbocycles. The van der Waals surface area contributed by atoms with Crippen molar-refractivity contribution in [3.63, 3.8) is 0 Å². The van der Waals surface area contributed by atoms with Crippen LogP contribution in [0.15, 0.2) is 0 Å². The third kappa shape index (κ3) is 3.93. The van der Waals surface area contributed by atoms with Crippen LogP contribution in [-0.2, 0) is 4.79 Å². The minimum atomic E-state index is -0.450. The lowest BCUT2D eigenvalue weighted by molar-refractivity contribution is -0.117. The van der Waals surface area contributed by atoms with Crippen LogP contribution in [0.5, 0.6) is 0 Å². The molecule has 3 N–H and O–H groups in total. The molecule has 0 radical (unpaired) electrons. The van der Waals surface area contributed by atoms with Crippen LogP contribution in [0.25, 0.3) is 0 Å². The lowest BCUT2D eigenvalue weighted by Crippen LogP contribution is -2.35. The van der Waals surface area contributed by atoms with E-state index in [1.54, 1.807) is 6.92 Å². The number of amides is 1. The van der Waals surface area contributed by atoms with Gasteiger partial charge in [-0.05, 0) is 13.3 Å². The number of aromatic nitrogens is 2. The zero-order chi connectivity index (χ0) is 11.3. The lowest BCUT2D eigenvalue weighted by Gasteiger charge is -2.09. The summed E-state index contributed by atoms with van der Waals surface area (Å²) in [7, 11) is 0. The monoisotopic (exact) mass is 228 g/mol. The van der Waals surface area contributed by atoms with Crippen LogP contribution in [-0.4, -0.2) is 21.3 Å². The van der Waals surface area contributed by atoms with E-state index in [-0.39, 0.29) is 5.91 Å². The van der Waals surface area contributed by atoms with Crippen LogP contribution in [0, 0.1) is 6.92 Å². The smallest absolute Gasteiger partial charge is 0.243 e. The number of unbranched alkanes of at least 4 members (excludes halogenated alkanes) is 1. The molecule has 0 aliphatic carbocycles. The number of nitrogens with zero attached hydrogens (tertiary/aromatic N) is 2. The fraction of sp³-hybridized carbons (Fsp3) is 0.667. The fourth-order valence-electron chi connectivity index (χ4n) is 1.10. The molecule has 1 amide bonds. The first-order valence-electron chi connectivity index (χ1n) is 5.00. The van der Waals surface area contributed by atoms with Crippen molar-refractivity contribution in [3.05, 3.63) is 5.82 Å². The molecule has 84 valence electrons. The highest BCUT2D eigenvalue weighted by atomic mass is 32.1. The molecule has 1 aromatic heterocycles. The Labute approximate surface area is 93.3 Å². The summed E-state index contributed by atoms with van der Waals surface area (Å²) in [5.41, 5.74) is 5.70. The third-order valence-corrected chi connectivity index (χ3v) is 2.68. The summed E-state index contributed by atoms with van der Waals surface area (Å²) in [6.45, 7) is 3.85. The molecule has 15 heavy (non-hydrogen) atoms. The van der Waals surface area contributed by atoms with Crippen molar-refractivity contribution in [2.24, 2.45) is 5.73 Å². The Balaban J connectivity index is 2.41. The van der Waals surface area contributed by atoms with Crippen LogP contribution in [0.1, 0.15) is 32.0 Å². The fourth-order valence-corrected chi connectivity index (χ4v) is 1.68. The van der Waals surface area contributed by atoms with Crippen molar-refractivity contribution in [2.75, 3.05) is 5.32 Å². The van der Waals surface area contributed by atoms with Crippen molar-refractivity contribution in [1.29, 1.82) is 0 Å². The number of anilines is 1. The quantitative estimate of drug-likeness (QED) is 0.796. The molecule has 6 heteroatoms. The van der Waals surface area contributed by atoms with Crippen molar-refractivity contribution in [1.82, 2.24) is 9.36 Å². The average Bonchev–Trinajstić information content (AvgIpc) is 2.60. The van der Waals surface area contributed by atoms with Gasteiger partial charge in [0.05, 0.1) is 6.04 Å². The first-order valence-corrected chi connectivity index (χ1v) is 5.77. The number of hydrogen-bond donors (Lipinski definition) is 2. The summed E-state index contributed by atoms with van der Waals surface area (Å²) in [6, 6.07) is -0.450. The summed E-state index contributed by atoms with van der Waals surface area (Å²) in [5, 5.41) is 3.17. The summed E-state index contributed by atoms with van der Waals surface area (Å²) >= 11 is 1.17. The molecule has 0 saturated heterocycles. The number of carbonyl (C=O) groups excluding carboxylic acids is 1. The molecule has 1 rings (SSSR count). The summed E-state index contributed by atoms with van der Waals surface area (Å²) in [5.74, 6) is 0.483. The molecule has 1 atom stereocenters. The highest BCUT2D eigenvalue weighted by Gasteiger charge is 2.14. The Hall–Kier alpha value is -1.01. The second-order valence-corrected chi connectivity index (χ2v) is 4.14. The van der Waals surface area contributed by atoms with E-state index in [1.807, 2.05) is 0 Å². The van der Waals surface area contributed by atoms with Gasteiger partial charge in [0.1, 0.15) is 5.82 Å². The first kappa shape index (κ1) is 12.1. The Morgan fingerprint density at radius 1 is 1.67 bits per heavy atom. The lowest BCUT2D eigenvalue weighted by atomic mass is 10.1. The van der Waals surface area contributed by atoms with Gasteiger partial charge in [0.15, 0.2) is 0 Å². The van der Waals surface area contributed by atoms with E-state index in [4.69, 9.17) is 5.73 Å². The van der Waals surface area contributed by atoms with Gasteiger partial charge in [-0.15, -0.1) is 0 Å². The normalized spacial score (nSPS) is 12.5. The topological polar surface area (TPSA) is 80.9 Å². The number of hydrogen-bond acceptors (Lipinski definition) is 5. The molecule has 0 aliphatic heterocycles. The molecule has 0 saturated carbocycles. The van der Waals surface area contributed by atoms with Crippen LogP contribution in [0.3, 0.4) is 0 Å². The highest BCUT2D eigenvalue weighted by Crippen LogP contribution is 2.10. The number of aryl methyl sites for hydroxylation is 1. The molecular formula is C9H16N4OS. The Morgan fingerprint density at radius 3 is 2.93 bits per heavy atom. The molecule has 5 nitrogen and oxygen atoms in total. The van der Waals surface area contributed by atoms with E-state index >= 15 is 0 Å². The molecule has 0 fully saturated rings. The van der Waals surface area contributed by atoms with E-state index in [1.165, 1.54) is 11.5 Å². The van der Waals surface area contributed by atoms with Crippen molar-refractivity contribution < 1.29 is 4.79 Å². The van der Waals surface area contributed by atoms with E-state index < -0.39 is 6.04 Å². The van der Waals surface area contributed by atoms with Crippen molar-refractivity contribution >= 4 is 22.6 Å². The van der Waals surface area contributed by atoms with Gasteiger partial charge in [-0.25, -0.2) is 4.98 Å². The Bertz CT molecular complexity index is 326. The van der Waals surface area contributed by atoms with E-state index in [0.29, 0.717) is 17.4 Å². The van der Waals surface area contributed by atoms with Gasteiger partial charge in [-0.3, -0.25) is 10.1 Å². The standard InChI is InChI=1S/C9H16N4OS/c1-3-4-5-7(10)8(14)12-9-11-6(2)13-15-9/h7H,3-5,10H2,1-2H3,(H,11,12,13,14)/t7-/m0/s1. The molecule has 1 aromatic rings. The van der Waals surface area contributed by atoms with Crippen LogP contribution >= 0.6 is 11.5 Å². The minimum absolute atomic E-state index is 0.181. The number of carbonyl (C=O) groups is 1. The maximum Gasteiger partial charge on any atom is 0.243 e. The van der Waals surface area contributed by atoms with Crippen molar-refractivity contribution in [2.45, 2.75) is 39.2 Å². The van der Waals surface area contributed by atoms with Crippen LogP contribution in [0.4, 0.5) is 5.13 Å². The molecule has 0 bridgehead atoms. The van der Waals surface area contributed by atoms with Gasteiger partial charge < -0.3 is 5.73 Å². The summed E-state index contributed by atoms with van der Waals surface area (Å²) in [6.07, 6.45) is 2.71. The second kappa shape index (κ2) is 5.77. The molecule has 0 aliphatic rings. The molecular weight excluding hydrogens is 212 g/mol. The van der Waals surface area contributed by atoms with E-state index in [2.05, 4.69) is 21.6 Å². The predicted octanol–water partition coefficient (Wildman–Crippen LogP) is 1.30. The second-order valence-electron chi connectivity index (χ2n) is 3.38. The molecule has 1 heterocycles. The molecule has 0 unspecified atom stereocenters. The summed E-state index contributed by atoms with van der Waals surface area (Å²) in [4.78, 5) is 15.6. The van der Waals surface area contributed by atoms with E-state index in [9.17, 15) is 4.79 Å². The maximum atomic E-state index is 11.5. The van der Waals surface area contributed by atoms with Crippen molar-refractivity contribution in [3.8, 4) is 0 Å². The zero-order valence-electron chi connectivity index (χ0n) is 8.99. The Morgan fingerprint density at radius 2 is 2.40 bits per heavy atom. The van der Waals surface area contributed by atoms with Gasteiger partial charge in [0, 0.05) is 11.5 Å². The number of rotatable bonds is 5. The summed E-state index contributed by atoms with van der Waals surface area (Å²) < 4.78 is 3.97. The van der Waals surface area contributed by atoms with Crippen LogP contribution in [0.2, 0.25) is 0 Å². The van der Waals surface area contributed by atoms with Gasteiger partial charge in [0.25, 0.3) is 0 Å². The third-order valence-electron chi connectivity index (χ3n) is 1.96. The highest BCUT2D eigenvalue weighted by molar-refractivity contribution is 7.09. The number of nitrogens with two attached hydrogens (primary N) is 1. The predicted molar refractivity (Wildman–Crippen MR) is 60.8 cm³/mol. The first-order chi connectivity index (χ1) is 7.13. The van der Waals surface area contributed by atoms with Gasteiger partial charge in [-0.1, -0.05) is 19.8 Å². The average molecular weight is 228 g/mol. The van der Waals surface area contributed by atoms with Crippen LogP contribution < -0.4 is 11.1 Å².